The van der Waals surface area contributed by atoms with Crippen molar-refractivity contribution in [3.05, 3.63) is 29.8 Å². The summed E-state index contributed by atoms with van der Waals surface area (Å²) in [5, 5.41) is 5.56. The van der Waals surface area contributed by atoms with Crippen LogP contribution in [0.1, 0.15) is 43.0 Å². The normalized spacial score (nSPS) is 20.3. The summed E-state index contributed by atoms with van der Waals surface area (Å²) in [6.45, 7) is 3.11. The molecule has 2 N–H and O–H groups in total. The molecule has 7 nitrogen and oxygen atoms in total. The van der Waals surface area contributed by atoms with Gasteiger partial charge in [-0.2, -0.15) is 0 Å². The molecule has 1 unspecified atom stereocenters. The summed E-state index contributed by atoms with van der Waals surface area (Å²) in [4.78, 5) is 37.3. The van der Waals surface area contributed by atoms with Gasteiger partial charge in [-0.25, -0.2) is 4.79 Å². The molecule has 2 fully saturated rings. The van der Waals surface area contributed by atoms with Gasteiger partial charge < -0.3 is 20.1 Å². The van der Waals surface area contributed by atoms with Gasteiger partial charge in [0.05, 0.1) is 24.0 Å². The molecule has 1 aromatic rings. The molecule has 1 aliphatic heterocycles. The number of benzene rings is 1. The highest BCUT2D eigenvalue weighted by atomic mass is 16.5. The van der Waals surface area contributed by atoms with Crippen molar-refractivity contribution < 1.29 is 23.9 Å². The number of carbonyl (C=O) groups excluding carboxylic acids is 3. The standard InChI is InChI=1S/C19H24N2O5/c1-2-25-16(22)14-7-3-4-8-15(14)21-18(24)19(9-10-19)17(23)20-12-13-6-5-11-26-13/h3-4,7-8,13H,2,5-6,9-12H2,1H3,(H,20,23)(H,21,24). The van der Waals surface area contributed by atoms with Crippen molar-refractivity contribution in [2.24, 2.45) is 5.41 Å². The van der Waals surface area contributed by atoms with E-state index in [0.29, 0.717) is 25.1 Å². The maximum Gasteiger partial charge on any atom is 0.340 e. The molecule has 2 amide bonds. The molecule has 0 spiro atoms. The molecular formula is C19H24N2O5. The van der Waals surface area contributed by atoms with Gasteiger partial charge in [-0.05, 0) is 44.7 Å². The van der Waals surface area contributed by atoms with Gasteiger partial charge in [-0.15, -0.1) is 0 Å². The summed E-state index contributed by atoms with van der Waals surface area (Å²) in [6, 6.07) is 6.63. The molecule has 0 radical (unpaired) electrons. The highest BCUT2D eigenvalue weighted by molar-refractivity contribution is 6.14. The molecule has 2 aliphatic rings. The van der Waals surface area contributed by atoms with E-state index < -0.39 is 11.4 Å². The number of amides is 2. The van der Waals surface area contributed by atoms with Gasteiger partial charge in [0.15, 0.2) is 0 Å². The molecule has 1 aromatic carbocycles. The number of esters is 1. The molecule has 7 heteroatoms. The van der Waals surface area contributed by atoms with Crippen LogP contribution >= 0.6 is 0 Å². The van der Waals surface area contributed by atoms with Crippen LogP contribution in [-0.2, 0) is 19.1 Å². The van der Waals surface area contributed by atoms with Gasteiger partial charge in [0.2, 0.25) is 11.8 Å². The predicted molar refractivity (Wildman–Crippen MR) is 94.7 cm³/mol. The lowest BCUT2D eigenvalue weighted by Gasteiger charge is -2.18. The van der Waals surface area contributed by atoms with Crippen molar-refractivity contribution in [1.82, 2.24) is 5.32 Å². The number of nitrogens with one attached hydrogen (secondary N) is 2. The van der Waals surface area contributed by atoms with Crippen molar-refractivity contribution >= 4 is 23.5 Å². The van der Waals surface area contributed by atoms with Crippen LogP contribution in [0.5, 0.6) is 0 Å². The third-order valence-corrected chi connectivity index (χ3v) is 4.80. The van der Waals surface area contributed by atoms with Crippen molar-refractivity contribution in [3.8, 4) is 0 Å². The quantitative estimate of drug-likeness (QED) is 0.572. The van der Waals surface area contributed by atoms with Crippen LogP contribution < -0.4 is 10.6 Å². The van der Waals surface area contributed by atoms with E-state index in [4.69, 9.17) is 9.47 Å². The number of ether oxygens (including phenoxy) is 2. The molecule has 1 saturated carbocycles. The number of rotatable bonds is 7. The first kappa shape index (κ1) is 18.4. The molecule has 1 saturated heterocycles. The first-order valence-electron chi connectivity index (χ1n) is 9.04. The third kappa shape index (κ3) is 3.88. The zero-order valence-electron chi connectivity index (χ0n) is 14.9. The Balaban J connectivity index is 1.64. The molecule has 3 rings (SSSR count). The van der Waals surface area contributed by atoms with Gasteiger partial charge in [0.25, 0.3) is 0 Å². The summed E-state index contributed by atoms with van der Waals surface area (Å²) < 4.78 is 10.5. The van der Waals surface area contributed by atoms with Crippen molar-refractivity contribution in [2.75, 3.05) is 25.1 Å². The second kappa shape index (κ2) is 7.86. The van der Waals surface area contributed by atoms with E-state index in [0.717, 1.165) is 19.4 Å². The van der Waals surface area contributed by atoms with E-state index >= 15 is 0 Å². The number of hydrogen-bond donors (Lipinski definition) is 2. The van der Waals surface area contributed by atoms with Crippen LogP contribution in [0, 0.1) is 5.41 Å². The fourth-order valence-electron chi connectivity index (χ4n) is 3.08. The third-order valence-electron chi connectivity index (χ3n) is 4.80. The average Bonchev–Trinajstić information content (AvgIpc) is 3.30. The molecular weight excluding hydrogens is 336 g/mol. The van der Waals surface area contributed by atoms with E-state index in [1.54, 1.807) is 31.2 Å². The number of para-hydroxylation sites is 1. The smallest absolute Gasteiger partial charge is 0.340 e. The van der Waals surface area contributed by atoms with E-state index in [1.165, 1.54) is 0 Å². The fraction of sp³-hybridized carbons (Fsp3) is 0.526. The van der Waals surface area contributed by atoms with Crippen LogP contribution in [0.15, 0.2) is 24.3 Å². The minimum absolute atomic E-state index is 0.0300. The summed E-state index contributed by atoms with van der Waals surface area (Å²) in [5.74, 6) is -1.17. The Hall–Kier alpha value is -2.41. The van der Waals surface area contributed by atoms with Gasteiger partial charge in [0.1, 0.15) is 5.41 Å². The Bertz CT molecular complexity index is 693. The first-order valence-corrected chi connectivity index (χ1v) is 9.04. The van der Waals surface area contributed by atoms with Crippen molar-refractivity contribution in [3.63, 3.8) is 0 Å². The van der Waals surface area contributed by atoms with Crippen LogP contribution in [-0.4, -0.2) is 43.6 Å². The minimum atomic E-state index is -1.06. The molecule has 0 aromatic heterocycles. The number of carbonyl (C=O) groups is 3. The van der Waals surface area contributed by atoms with Crippen molar-refractivity contribution in [1.29, 1.82) is 0 Å². The van der Waals surface area contributed by atoms with E-state index in [2.05, 4.69) is 10.6 Å². The monoisotopic (exact) mass is 360 g/mol. The molecule has 1 heterocycles. The topological polar surface area (TPSA) is 93.7 Å². The summed E-state index contributed by atoms with van der Waals surface area (Å²) in [5.41, 5.74) is -0.423. The van der Waals surface area contributed by atoms with Gasteiger partial charge >= 0.3 is 5.97 Å². The Labute approximate surface area is 152 Å². The molecule has 26 heavy (non-hydrogen) atoms. The zero-order valence-corrected chi connectivity index (χ0v) is 14.9. The Kier molecular flexibility index (Phi) is 5.56. The highest BCUT2D eigenvalue weighted by Gasteiger charge is 2.56. The Morgan fingerprint density at radius 3 is 2.65 bits per heavy atom. The SMILES string of the molecule is CCOC(=O)c1ccccc1NC(=O)C1(C(=O)NCC2CCCO2)CC1. The largest absolute Gasteiger partial charge is 0.462 e. The second-order valence-corrected chi connectivity index (χ2v) is 6.65. The van der Waals surface area contributed by atoms with Crippen LogP contribution in [0.4, 0.5) is 5.69 Å². The second-order valence-electron chi connectivity index (χ2n) is 6.65. The fourth-order valence-corrected chi connectivity index (χ4v) is 3.08. The lowest BCUT2D eigenvalue weighted by Crippen LogP contribution is -2.42. The van der Waals surface area contributed by atoms with E-state index in [1.807, 2.05) is 0 Å². The predicted octanol–water partition coefficient (Wildman–Crippen LogP) is 1.88. The molecule has 0 bridgehead atoms. The summed E-state index contributed by atoms with van der Waals surface area (Å²) in [6.07, 6.45) is 2.95. The molecule has 140 valence electrons. The Morgan fingerprint density at radius 2 is 2.00 bits per heavy atom. The summed E-state index contributed by atoms with van der Waals surface area (Å²) >= 11 is 0. The minimum Gasteiger partial charge on any atom is -0.462 e. The average molecular weight is 360 g/mol. The van der Waals surface area contributed by atoms with Gasteiger partial charge in [-0.1, -0.05) is 12.1 Å². The van der Waals surface area contributed by atoms with Crippen molar-refractivity contribution in [2.45, 2.75) is 38.7 Å². The lowest BCUT2D eigenvalue weighted by atomic mass is 10.0. The molecule has 1 atom stereocenters. The van der Waals surface area contributed by atoms with Crippen LogP contribution in [0.25, 0.3) is 0 Å². The number of hydrogen-bond acceptors (Lipinski definition) is 5. The molecule has 1 aliphatic carbocycles. The van der Waals surface area contributed by atoms with Gasteiger partial charge in [-0.3, -0.25) is 9.59 Å². The Morgan fingerprint density at radius 1 is 1.23 bits per heavy atom. The number of anilines is 1. The highest BCUT2D eigenvalue weighted by Crippen LogP contribution is 2.47. The van der Waals surface area contributed by atoms with Gasteiger partial charge in [0, 0.05) is 13.2 Å². The lowest BCUT2D eigenvalue weighted by molar-refractivity contribution is -0.134. The van der Waals surface area contributed by atoms with E-state index in [9.17, 15) is 14.4 Å². The zero-order chi connectivity index (χ0) is 18.6. The summed E-state index contributed by atoms with van der Waals surface area (Å²) in [7, 11) is 0. The maximum absolute atomic E-state index is 12.7. The van der Waals surface area contributed by atoms with Crippen LogP contribution in [0.2, 0.25) is 0 Å². The van der Waals surface area contributed by atoms with Crippen LogP contribution in [0.3, 0.4) is 0 Å². The maximum atomic E-state index is 12.7. The first-order chi connectivity index (χ1) is 12.6. The van der Waals surface area contributed by atoms with E-state index in [-0.39, 0.29) is 30.1 Å².